The van der Waals surface area contributed by atoms with Crippen molar-refractivity contribution in [3.05, 3.63) is 0 Å². The lowest BCUT2D eigenvalue weighted by molar-refractivity contribution is 0.0140. The van der Waals surface area contributed by atoms with Gasteiger partial charge in [-0.25, -0.2) is 0 Å². The van der Waals surface area contributed by atoms with Gasteiger partial charge in [-0.15, -0.1) is 0 Å². The van der Waals surface area contributed by atoms with Crippen molar-refractivity contribution in [1.82, 2.24) is 5.32 Å². The highest BCUT2D eigenvalue weighted by atomic mass is 16.3. The first-order chi connectivity index (χ1) is 5.66. The normalized spacial score (nSPS) is 43.0. The summed E-state index contributed by atoms with van der Waals surface area (Å²) in [5, 5.41) is 13.3. The topological polar surface area (TPSA) is 32.3 Å². The predicted octanol–water partition coefficient (Wildman–Crippen LogP) is 1.43. The van der Waals surface area contributed by atoms with Crippen LogP contribution in [-0.4, -0.2) is 22.8 Å². The van der Waals surface area contributed by atoms with Crippen LogP contribution in [0.1, 0.15) is 45.4 Å². The van der Waals surface area contributed by atoms with E-state index in [1.165, 1.54) is 12.8 Å². The molecule has 0 saturated heterocycles. The van der Waals surface area contributed by atoms with Crippen molar-refractivity contribution < 1.29 is 5.11 Å². The van der Waals surface area contributed by atoms with Gasteiger partial charge in [0.2, 0.25) is 0 Å². The van der Waals surface area contributed by atoms with E-state index in [1.54, 1.807) is 0 Å². The zero-order valence-electron chi connectivity index (χ0n) is 7.84. The summed E-state index contributed by atoms with van der Waals surface area (Å²) in [6.07, 6.45) is 6.99. The van der Waals surface area contributed by atoms with Crippen LogP contribution in [0.3, 0.4) is 0 Å². The minimum Gasteiger partial charge on any atom is -0.390 e. The van der Waals surface area contributed by atoms with Gasteiger partial charge in [-0.1, -0.05) is 0 Å². The second-order valence-corrected chi connectivity index (χ2v) is 4.71. The van der Waals surface area contributed by atoms with Gasteiger partial charge in [-0.3, -0.25) is 0 Å². The SMILES string of the molecule is CC1(O)CCC(NC2CC2)CC1. The second-order valence-electron chi connectivity index (χ2n) is 4.71. The van der Waals surface area contributed by atoms with Gasteiger partial charge >= 0.3 is 0 Å². The minimum absolute atomic E-state index is 0.373. The van der Waals surface area contributed by atoms with Crippen LogP contribution in [-0.2, 0) is 0 Å². The van der Waals surface area contributed by atoms with Crippen molar-refractivity contribution in [2.45, 2.75) is 63.1 Å². The first kappa shape index (κ1) is 8.52. The highest BCUT2D eigenvalue weighted by molar-refractivity contribution is 4.90. The molecule has 2 aliphatic rings. The molecule has 2 fully saturated rings. The van der Waals surface area contributed by atoms with Crippen LogP contribution in [0.4, 0.5) is 0 Å². The van der Waals surface area contributed by atoms with Crippen LogP contribution in [0.5, 0.6) is 0 Å². The van der Waals surface area contributed by atoms with Gasteiger partial charge in [0.05, 0.1) is 5.60 Å². The molecule has 2 aliphatic carbocycles. The molecule has 2 nitrogen and oxygen atoms in total. The number of nitrogens with one attached hydrogen (secondary N) is 1. The van der Waals surface area contributed by atoms with Crippen LogP contribution in [0.15, 0.2) is 0 Å². The van der Waals surface area contributed by atoms with Gasteiger partial charge in [0.25, 0.3) is 0 Å². The predicted molar refractivity (Wildman–Crippen MR) is 49.0 cm³/mol. The molecule has 0 aromatic rings. The Bertz CT molecular complexity index is 153. The number of hydrogen-bond acceptors (Lipinski definition) is 2. The van der Waals surface area contributed by atoms with E-state index in [1.807, 2.05) is 6.92 Å². The fourth-order valence-electron chi connectivity index (χ4n) is 1.99. The third-order valence-corrected chi connectivity index (χ3v) is 3.11. The van der Waals surface area contributed by atoms with Gasteiger partial charge in [0, 0.05) is 12.1 Å². The van der Waals surface area contributed by atoms with Crippen LogP contribution < -0.4 is 5.32 Å². The van der Waals surface area contributed by atoms with E-state index < -0.39 is 0 Å². The zero-order valence-corrected chi connectivity index (χ0v) is 7.84. The highest BCUT2D eigenvalue weighted by Crippen LogP contribution is 2.30. The average Bonchev–Trinajstić information content (AvgIpc) is 2.77. The van der Waals surface area contributed by atoms with Gasteiger partial charge in [-0.05, 0) is 45.4 Å². The molecular weight excluding hydrogens is 150 g/mol. The highest BCUT2D eigenvalue weighted by Gasteiger charge is 2.31. The molecule has 0 heterocycles. The van der Waals surface area contributed by atoms with E-state index in [4.69, 9.17) is 0 Å². The van der Waals surface area contributed by atoms with Gasteiger partial charge < -0.3 is 10.4 Å². The Morgan fingerprint density at radius 2 is 1.58 bits per heavy atom. The molecule has 0 atom stereocenters. The summed E-state index contributed by atoms with van der Waals surface area (Å²) >= 11 is 0. The van der Waals surface area contributed by atoms with Gasteiger partial charge in [0.15, 0.2) is 0 Å². The molecule has 0 aliphatic heterocycles. The molecule has 0 aromatic carbocycles. The van der Waals surface area contributed by atoms with Crippen LogP contribution in [0.25, 0.3) is 0 Å². The lowest BCUT2D eigenvalue weighted by Crippen LogP contribution is -2.40. The third kappa shape index (κ3) is 2.20. The summed E-state index contributed by atoms with van der Waals surface area (Å²) in [7, 11) is 0. The standard InChI is InChI=1S/C10H19NO/c1-10(12)6-4-9(5-7-10)11-8-2-3-8/h8-9,11-12H,2-7H2,1H3. The quantitative estimate of drug-likeness (QED) is 0.655. The van der Waals surface area contributed by atoms with Crippen LogP contribution >= 0.6 is 0 Å². The molecular formula is C10H19NO. The molecule has 2 saturated carbocycles. The summed E-state index contributed by atoms with van der Waals surface area (Å²) in [4.78, 5) is 0. The van der Waals surface area contributed by atoms with Crippen LogP contribution in [0, 0.1) is 0 Å². The molecule has 70 valence electrons. The number of hydrogen-bond donors (Lipinski definition) is 2. The fraction of sp³-hybridized carbons (Fsp3) is 1.00. The van der Waals surface area contributed by atoms with Crippen molar-refractivity contribution in [2.75, 3.05) is 0 Å². The van der Waals surface area contributed by atoms with Crippen molar-refractivity contribution in [1.29, 1.82) is 0 Å². The van der Waals surface area contributed by atoms with Crippen molar-refractivity contribution in [3.8, 4) is 0 Å². The van der Waals surface area contributed by atoms with Crippen molar-refractivity contribution >= 4 is 0 Å². The molecule has 12 heavy (non-hydrogen) atoms. The third-order valence-electron chi connectivity index (χ3n) is 3.11. The van der Waals surface area contributed by atoms with E-state index in [9.17, 15) is 5.11 Å². The first-order valence-corrected chi connectivity index (χ1v) is 5.14. The smallest absolute Gasteiger partial charge is 0.0621 e. The minimum atomic E-state index is -0.373. The first-order valence-electron chi connectivity index (χ1n) is 5.14. The molecule has 2 N–H and O–H groups in total. The van der Waals surface area contributed by atoms with Gasteiger partial charge in [0.1, 0.15) is 0 Å². The number of rotatable bonds is 2. The maximum atomic E-state index is 9.71. The molecule has 0 radical (unpaired) electrons. The number of aliphatic hydroxyl groups is 1. The Labute approximate surface area is 74.4 Å². The summed E-state index contributed by atoms with van der Waals surface area (Å²) in [6.45, 7) is 1.96. The van der Waals surface area contributed by atoms with E-state index >= 15 is 0 Å². The monoisotopic (exact) mass is 169 g/mol. The summed E-state index contributed by atoms with van der Waals surface area (Å²) in [5.74, 6) is 0. The van der Waals surface area contributed by atoms with E-state index in [0.29, 0.717) is 6.04 Å². The molecule has 2 rings (SSSR count). The Morgan fingerprint density at radius 3 is 2.08 bits per heavy atom. The lowest BCUT2D eigenvalue weighted by atomic mass is 9.83. The maximum Gasteiger partial charge on any atom is 0.0621 e. The molecule has 0 bridgehead atoms. The molecule has 0 spiro atoms. The Morgan fingerprint density at radius 1 is 1.08 bits per heavy atom. The maximum absolute atomic E-state index is 9.71. The fourth-order valence-corrected chi connectivity index (χ4v) is 1.99. The Kier molecular flexibility index (Phi) is 2.13. The van der Waals surface area contributed by atoms with Gasteiger partial charge in [-0.2, -0.15) is 0 Å². The van der Waals surface area contributed by atoms with Crippen LogP contribution in [0.2, 0.25) is 0 Å². The second kappa shape index (κ2) is 3.00. The largest absolute Gasteiger partial charge is 0.390 e. The molecule has 2 heteroatoms. The molecule has 0 unspecified atom stereocenters. The summed E-state index contributed by atoms with van der Waals surface area (Å²) in [5.41, 5.74) is -0.373. The molecule has 0 amide bonds. The average molecular weight is 169 g/mol. The Hall–Kier alpha value is -0.0800. The zero-order chi connectivity index (χ0) is 8.60. The van der Waals surface area contributed by atoms with E-state index in [-0.39, 0.29) is 5.60 Å². The van der Waals surface area contributed by atoms with Crippen molar-refractivity contribution in [2.24, 2.45) is 0 Å². The Balaban J connectivity index is 1.73. The van der Waals surface area contributed by atoms with E-state index in [0.717, 1.165) is 31.7 Å². The van der Waals surface area contributed by atoms with E-state index in [2.05, 4.69) is 5.32 Å². The lowest BCUT2D eigenvalue weighted by Gasteiger charge is -2.33. The summed E-state index contributed by atoms with van der Waals surface area (Å²) < 4.78 is 0. The van der Waals surface area contributed by atoms with Crippen molar-refractivity contribution in [3.63, 3.8) is 0 Å². The molecule has 0 aromatic heterocycles. The summed E-state index contributed by atoms with van der Waals surface area (Å²) in [6, 6.07) is 1.51.